The zero-order chi connectivity index (χ0) is 28.2. The number of nitrogen functional groups attached to an aromatic ring is 2. The first kappa shape index (κ1) is 27.1. The molecule has 16 nitrogen and oxygen atoms in total. The van der Waals surface area contributed by atoms with E-state index in [1.807, 2.05) is 0 Å². The average molecular weight is 594 g/mol. The average Bonchev–Trinajstić information content (AvgIpc) is 3.68. The number of rotatable bonds is 8. The molecule has 7 atom stereocenters. The van der Waals surface area contributed by atoms with E-state index in [4.69, 9.17) is 25.5 Å². The molecule has 2 aliphatic rings. The molecule has 0 aliphatic carbocycles. The number of hydrogen-bond acceptors (Lipinski definition) is 13. The number of aromatic nitrogens is 7. The highest BCUT2D eigenvalue weighted by atomic mass is 32.7. The Morgan fingerprint density at radius 2 is 2.02 bits per heavy atom. The molecule has 2 saturated heterocycles. The van der Waals surface area contributed by atoms with Crippen molar-refractivity contribution in [3.05, 3.63) is 35.3 Å². The fourth-order valence-corrected chi connectivity index (χ4v) is 7.68. The fraction of sp³-hybridized carbons (Fsp3) is 0.500. The third-order valence-corrected chi connectivity index (χ3v) is 10.3. The Kier molecular flexibility index (Phi) is 7.06. The molecule has 2 fully saturated rings. The predicted molar refractivity (Wildman–Crippen MR) is 146 cm³/mol. The lowest BCUT2D eigenvalue weighted by Gasteiger charge is -2.26. The van der Waals surface area contributed by atoms with Crippen molar-refractivity contribution in [2.45, 2.75) is 55.7 Å². The SMILES string of the molecule is Nc1nc2c(ncn2[C@@H]2O[C@H](CCO)C[C@H]2[P@](=O)(S)OCC2O[C@@H](n3ccc4c(N)ncnc43)C[C@@H]2O)c(=O)[nH]1. The molecule has 4 aromatic heterocycles. The minimum absolute atomic E-state index is 0.0372. The Hall–Kier alpha value is -3.05. The first-order chi connectivity index (χ1) is 19.2. The van der Waals surface area contributed by atoms with E-state index in [1.54, 1.807) is 16.8 Å². The smallest absolute Gasteiger partial charge is 0.280 e. The van der Waals surface area contributed by atoms with Gasteiger partial charge in [-0.1, -0.05) is 12.2 Å². The van der Waals surface area contributed by atoms with Gasteiger partial charge in [-0.25, -0.2) is 15.0 Å². The van der Waals surface area contributed by atoms with Crippen LogP contribution < -0.4 is 17.0 Å². The van der Waals surface area contributed by atoms with Crippen molar-refractivity contribution >= 4 is 52.8 Å². The lowest BCUT2D eigenvalue weighted by atomic mass is 10.2. The van der Waals surface area contributed by atoms with Crippen molar-refractivity contribution < 1.29 is 28.8 Å². The number of anilines is 2. The molecule has 4 aromatic rings. The molecule has 40 heavy (non-hydrogen) atoms. The monoisotopic (exact) mass is 593 g/mol. The van der Waals surface area contributed by atoms with Crippen molar-refractivity contribution in [1.29, 1.82) is 0 Å². The highest BCUT2D eigenvalue weighted by molar-refractivity contribution is 8.46. The van der Waals surface area contributed by atoms with Crippen LogP contribution in [0.25, 0.3) is 22.2 Å². The number of hydrogen-bond donors (Lipinski definition) is 6. The summed E-state index contributed by atoms with van der Waals surface area (Å²) < 4.78 is 35.1. The summed E-state index contributed by atoms with van der Waals surface area (Å²) in [5.41, 5.74) is 11.1. The number of imidazole rings is 1. The second kappa shape index (κ2) is 10.4. The number of ether oxygens (including phenoxy) is 2. The van der Waals surface area contributed by atoms with E-state index in [0.29, 0.717) is 16.9 Å². The van der Waals surface area contributed by atoms with E-state index < -0.39 is 48.6 Å². The van der Waals surface area contributed by atoms with Gasteiger partial charge in [0.2, 0.25) is 5.95 Å². The first-order valence-corrected chi connectivity index (χ1v) is 15.4. The largest absolute Gasteiger partial charge is 0.396 e. The summed E-state index contributed by atoms with van der Waals surface area (Å²) in [6.45, 7) is -4.10. The number of nitrogens with one attached hydrogen (secondary N) is 1. The number of aliphatic hydroxyl groups excluding tert-OH is 2. The Morgan fingerprint density at radius 3 is 2.83 bits per heavy atom. The van der Waals surface area contributed by atoms with Gasteiger partial charge in [-0.15, -0.1) is 0 Å². The third kappa shape index (κ3) is 4.76. The number of nitrogens with zero attached hydrogens (tertiary/aromatic N) is 6. The van der Waals surface area contributed by atoms with Crippen molar-refractivity contribution in [2.75, 3.05) is 24.7 Å². The van der Waals surface area contributed by atoms with E-state index in [9.17, 15) is 19.6 Å². The maximum Gasteiger partial charge on any atom is 0.280 e. The lowest BCUT2D eigenvalue weighted by Crippen LogP contribution is -2.27. The molecule has 0 aromatic carbocycles. The molecular weight excluding hydrogens is 565 g/mol. The van der Waals surface area contributed by atoms with Crippen molar-refractivity contribution in [2.24, 2.45) is 0 Å². The van der Waals surface area contributed by atoms with Gasteiger partial charge in [0.1, 0.15) is 36.4 Å². The summed E-state index contributed by atoms with van der Waals surface area (Å²) in [7, 11) is 0. The van der Waals surface area contributed by atoms with Gasteiger partial charge in [0.05, 0.1) is 36.2 Å². The number of aliphatic hydroxyl groups is 2. The highest BCUT2D eigenvalue weighted by Crippen LogP contribution is 2.64. The molecule has 0 amide bonds. The summed E-state index contributed by atoms with van der Waals surface area (Å²) in [6.07, 6.45) is 1.58. The van der Waals surface area contributed by atoms with Gasteiger partial charge in [-0.05, 0) is 18.9 Å². The Morgan fingerprint density at radius 1 is 1.20 bits per heavy atom. The number of nitrogens with two attached hydrogens (primary N) is 2. The Bertz CT molecular complexity index is 1660. The zero-order valence-electron chi connectivity index (χ0n) is 21.0. The van der Waals surface area contributed by atoms with E-state index in [0.717, 1.165) is 0 Å². The summed E-state index contributed by atoms with van der Waals surface area (Å²) in [4.78, 5) is 31.2. The van der Waals surface area contributed by atoms with Crippen LogP contribution in [0, 0.1) is 0 Å². The second-order valence-electron chi connectivity index (χ2n) is 9.75. The third-order valence-electron chi connectivity index (χ3n) is 7.24. The topological polar surface area (TPSA) is 232 Å². The van der Waals surface area contributed by atoms with Crippen LogP contribution in [0.4, 0.5) is 11.8 Å². The van der Waals surface area contributed by atoms with E-state index in [2.05, 4.69) is 37.2 Å². The van der Waals surface area contributed by atoms with Crippen LogP contribution in [0.2, 0.25) is 0 Å². The van der Waals surface area contributed by atoms with E-state index >= 15 is 0 Å². The molecular formula is C22H28N9O7PS. The molecule has 214 valence electrons. The van der Waals surface area contributed by atoms with Gasteiger partial charge >= 0.3 is 0 Å². The van der Waals surface area contributed by atoms with E-state index in [1.165, 1.54) is 17.2 Å². The summed E-state index contributed by atoms with van der Waals surface area (Å²) in [5.74, 6) is 0.219. The number of fused-ring (bicyclic) bond motifs is 2. The van der Waals surface area contributed by atoms with Crippen molar-refractivity contribution in [1.82, 2.24) is 34.1 Å². The Labute approximate surface area is 231 Å². The van der Waals surface area contributed by atoms with Gasteiger partial charge in [-0.2, -0.15) is 4.98 Å². The van der Waals surface area contributed by atoms with Gasteiger partial charge in [-0.3, -0.25) is 18.9 Å². The van der Waals surface area contributed by atoms with Crippen LogP contribution in [0.15, 0.2) is 29.7 Å². The van der Waals surface area contributed by atoms with Crippen LogP contribution in [-0.2, 0) is 18.6 Å². The minimum Gasteiger partial charge on any atom is -0.396 e. The molecule has 1 unspecified atom stereocenters. The summed E-state index contributed by atoms with van der Waals surface area (Å²) >= 11 is 4.43. The Balaban J connectivity index is 1.21. The number of H-pyrrole nitrogens is 1. The van der Waals surface area contributed by atoms with Gasteiger partial charge in [0.15, 0.2) is 11.2 Å². The molecule has 2 aliphatic heterocycles. The van der Waals surface area contributed by atoms with Crippen LogP contribution >= 0.6 is 18.8 Å². The van der Waals surface area contributed by atoms with Crippen LogP contribution in [-0.4, -0.2) is 81.5 Å². The molecule has 6 rings (SSSR count). The summed E-state index contributed by atoms with van der Waals surface area (Å²) in [6, 6.07) is 1.77. The quantitative estimate of drug-likeness (QED) is 0.121. The van der Waals surface area contributed by atoms with Gasteiger partial charge in [0, 0.05) is 19.2 Å². The van der Waals surface area contributed by atoms with Crippen LogP contribution in [0.3, 0.4) is 0 Å². The molecule has 7 N–H and O–H groups in total. The number of thiol groups is 1. The second-order valence-corrected chi connectivity index (χ2v) is 13.5. The molecule has 0 saturated carbocycles. The normalized spacial score (nSPS) is 28.5. The highest BCUT2D eigenvalue weighted by Gasteiger charge is 2.48. The maximum absolute atomic E-state index is 13.9. The summed E-state index contributed by atoms with van der Waals surface area (Å²) in [5, 5.41) is 20.9. The van der Waals surface area contributed by atoms with Crippen LogP contribution in [0.5, 0.6) is 0 Å². The van der Waals surface area contributed by atoms with Crippen molar-refractivity contribution in [3.8, 4) is 0 Å². The molecule has 6 heterocycles. The number of aromatic amines is 1. The van der Waals surface area contributed by atoms with E-state index in [-0.39, 0.29) is 49.6 Å². The predicted octanol–water partition coefficient (Wildman–Crippen LogP) is 0.555. The fourth-order valence-electron chi connectivity index (χ4n) is 5.27. The molecule has 0 spiro atoms. The first-order valence-electron chi connectivity index (χ1n) is 12.5. The van der Waals surface area contributed by atoms with Crippen molar-refractivity contribution in [3.63, 3.8) is 0 Å². The standard InChI is InChI=1S/C22H28N9O7PS/c23-17-11-1-3-30(18(11)26-8-25-17)15-6-12(33)13(38-15)7-36-39(35,40)14-5-10(2-4-32)37-21(14)31-9-27-16-19(31)28-22(24)29-20(16)34/h1,3,8-10,12-15,21,32-33H,2,4-7H2,(H,35,40)(H2,23,25,26)(H3,24,28,29,34)/t10-,12+,13?,14-,15-,21-,39-/m1/s1. The minimum atomic E-state index is -3.75. The maximum atomic E-state index is 13.9. The zero-order valence-corrected chi connectivity index (χ0v) is 22.8. The molecule has 0 radical (unpaired) electrons. The van der Waals surface area contributed by atoms with Gasteiger partial charge < -0.3 is 40.2 Å². The van der Waals surface area contributed by atoms with Gasteiger partial charge in [0.25, 0.3) is 12.1 Å². The van der Waals surface area contributed by atoms with Crippen LogP contribution in [0.1, 0.15) is 31.7 Å². The molecule has 0 bridgehead atoms. The molecule has 18 heteroatoms. The lowest BCUT2D eigenvalue weighted by molar-refractivity contribution is -0.0379.